The van der Waals surface area contributed by atoms with E-state index >= 15 is 0 Å². The van der Waals surface area contributed by atoms with Gasteiger partial charge in [0.05, 0.1) is 22.1 Å². The summed E-state index contributed by atoms with van der Waals surface area (Å²) in [5, 5.41) is 11.2. The van der Waals surface area contributed by atoms with E-state index in [2.05, 4.69) is 0 Å². The molecule has 0 unspecified atom stereocenters. The van der Waals surface area contributed by atoms with Crippen molar-refractivity contribution in [1.82, 2.24) is 0 Å². The number of nitro benzene ring substituents is 1. The first-order valence-corrected chi connectivity index (χ1v) is 9.71. The highest BCUT2D eigenvalue weighted by Gasteiger charge is 2.29. The molecule has 0 amide bonds. The van der Waals surface area contributed by atoms with Crippen molar-refractivity contribution in [1.29, 1.82) is 0 Å². The van der Waals surface area contributed by atoms with Crippen LogP contribution < -0.4 is 4.31 Å². The summed E-state index contributed by atoms with van der Waals surface area (Å²) in [4.78, 5) is 10.6. The van der Waals surface area contributed by atoms with Gasteiger partial charge < -0.3 is 0 Å². The smallest absolute Gasteiger partial charge is 0.262 e. The Kier molecular flexibility index (Phi) is 5.23. The maximum absolute atomic E-state index is 13.4. The van der Waals surface area contributed by atoms with E-state index in [9.17, 15) is 18.5 Å². The molecule has 0 spiro atoms. The molecule has 0 atom stereocenters. The number of anilines is 1. The Labute approximate surface area is 157 Å². The molecule has 0 saturated heterocycles. The molecule has 138 valence electrons. The van der Waals surface area contributed by atoms with E-state index in [1.807, 2.05) is 30.3 Å². The molecule has 3 aromatic carbocycles. The number of rotatable bonds is 6. The largest absolute Gasteiger partial charge is 0.273 e. The van der Waals surface area contributed by atoms with Crippen LogP contribution in [-0.2, 0) is 16.6 Å². The highest BCUT2D eigenvalue weighted by atomic mass is 32.2. The summed E-state index contributed by atoms with van der Waals surface area (Å²) in [6.07, 6.45) is 0. The minimum atomic E-state index is -4.01. The van der Waals surface area contributed by atoms with Gasteiger partial charge in [0.2, 0.25) is 0 Å². The second-order valence-corrected chi connectivity index (χ2v) is 7.82. The molecular weight excluding hydrogens is 364 g/mol. The normalized spacial score (nSPS) is 11.1. The van der Waals surface area contributed by atoms with Crippen molar-refractivity contribution in [2.24, 2.45) is 0 Å². The SMILES string of the molecule is Cc1c([N+](=O)[O-])cccc1S(=O)(=O)N(Cc1ccccc1)c1ccccc1. The van der Waals surface area contributed by atoms with E-state index < -0.39 is 14.9 Å². The van der Waals surface area contributed by atoms with Crippen molar-refractivity contribution in [3.05, 3.63) is 100 Å². The Morgan fingerprint density at radius 3 is 2.07 bits per heavy atom. The number of para-hydroxylation sites is 1. The van der Waals surface area contributed by atoms with Crippen molar-refractivity contribution in [3.8, 4) is 0 Å². The summed E-state index contributed by atoms with van der Waals surface area (Å²) in [6, 6.07) is 22.0. The predicted octanol–water partition coefficient (Wildman–Crippen LogP) is 4.30. The van der Waals surface area contributed by atoms with Crippen molar-refractivity contribution in [2.45, 2.75) is 18.4 Å². The van der Waals surface area contributed by atoms with Crippen molar-refractivity contribution >= 4 is 21.4 Å². The van der Waals surface area contributed by atoms with Gasteiger partial charge in [-0.25, -0.2) is 8.42 Å². The van der Waals surface area contributed by atoms with Crippen LogP contribution in [0.4, 0.5) is 11.4 Å². The van der Waals surface area contributed by atoms with Crippen LogP contribution in [0.15, 0.2) is 83.8 Å². The Balaban J connectivity index is 2.14. The molecule has 6 nitrogen and oxygen atoms in total. The van der Waals surface area contributed by atoms with Gasteiger partial charge in [0.1, 0.15) is 0 Å². The molecule has 7 heteroatoms. The third-order valence-electron chi connectivity index (χ3n) is 4.23. The number of nitro groups is 1. The van der Waals surface area contributed by atoms with Gasteiger partial charge in [0, 0.05) is 11.6 Å². The van der Waals surface area contributed by atoms with Gasteiger partial charge in [0.25, 0.3) is 15.7 Å². The zero-order valence-electron chi connectivity index (χ0n) is 14.6. The molecule has 3 rings (SSSR count). The third-order valence-corrected chi connectivity index (χ3v) is 6.15. The molecule has 0 fully saturated rings. The monoisotopic (exact) mass is 382 g/mol. The minimum Gasteiger partial charge on any atom is -0.262 e. The van der Waals surface area contributed by atoms with E-state index in [0.717, 1.165) is 5.56 Å². The van der Waals surface area contributed by atoms with Gasteiger partial charge in [0.15, 0.2) is 0 Å². The Morgan fingerprint density at radius 2 is 1.48 bits per heavy atom. The molecule has 0 bridgehead atoms. The Bertz CT molecular complexity index is 1050. The summed E-state index contributed by atoms with van der Waals surface area (Å²) in [5.41, 5.74) is 1.21. The summed E-state index contributed by atoms with van der Waals surface area (Å²) < 4.78 is 28.1. The van der Waals surface area contributed by atoms with Crippen LogP contribution in [0.25, 0.3) is 0 Å². The molecule has 0 aliphatic carbocycles. The molecule has 0 aliphatic rings. The maximum Gasteiger partial charge on any atom is 0.273 e. The summed E-state index contributed by atoms with van der Waals surface area (Å²) in [7, 11) is -4.01. The molecule has 0 radical (unpaired) electrons. The first-order chi connectivity index (χ1) is 12.9. The molecule has 0 aliphatic heterocycles. The van der Waals surface area contributed by atoms with Crippen molar-refractivity contribution < 1.29 is 13.3 Å². The predicted molar refractivity (Wildman–Crippen MR) is 104 cm³/mol. The average molecular weight is 382 g/mol. The van der Waals surface area contributed by atoms with Crippen LogP contribution in [0.2, 0.25) is 0 Å². The van der Waals surface area contributed by atoms with Crippen LogP contribution in [0, 0.1) is 17.0 Å². The quantitative estimate of drug-likeness (QED) is 0.470. The van der Waals surface area contributed by atoms with Gasteiger partial charge in [-0.2, -0.15) is 0 Å². The first kappa shape index (κ1) is 18.6. The van der Waals surface area contributed by atoms with Gasteiger partial charge in [-0.1, -0.05) is 54.6 Å². The molecule has 27 heavy (non-hydrogen) atoms. The fraction of sp³-hybridized carbons (Fsp3) is 0.100. The molecular formula is C20H18N2O4S. The van der Waals surface area contributed by atoms with Crippen LogP contribution in [0.5, 0.6) is 0 Å². The number of hydrogen-bond donors (Lipinski definition) is 0. The highest BCUT2D eigenvalue weighted by molar-refractivity contribution is 7.92. The zero-order chi connectivity index (χ0) is 19.4. The first-order valence-electron chi connectivity index (χ1n) is 8.27. The summed E-state index contributed by atoms with van der Waals surface area (Å²) in [5.74, 6) is 0. The minimum absolute atomic E-state index is 0.0727. The number of hydrogen-bond acceptors (Lipinski definition) is 4. The molecule has 3 aromatic rings. The standard InChI is InChI=1S/C20H18N2O4S/c1-16-19(22(23)24)13-8-14-20(16)27(25,26)21(18-11-6-3-7-12-18)15-17-9-4-2-5-10-17/h2-14H,15H2,1H3. The van der Waals surface area contributed by atoms with Crippen LogP contribution in [-0.4, -0.2) is 13.3 Å². The third kappa shape index (κ3) is 3.83. The van der Waals surface area contributed by atoms with Gasteiger partial charge in [-0.15, -0.1) is 0 Å². The number of sulfonamides is 1. The summed E-state index contributed by atoms with van der Waals surface area (Å²) >= 11 is 0. The lowest BCUT2D eigenvalue weighted by Gasteiger charge is -2.25. The van der Waals surface area contributed by atoms with E-state index in [1.54, 1.807) is 30.3 Å². The van der Waals surface area contributed by atoms with Crippen LogP contribution >= 0.6 is 0 Å². The second kappa shape index (κ2) is 7.59. The highest BCUT2D eigenvalue weighted by Crippen LogP contribution is 2.31. The molecule has 0 saturated carbocycles. The van der Waals surface area contributed by atoms with E-state index in [-0.39, 0.29) is 22.7 Å². The van der Waals surface area contributed by atoms with Crippen molar-refractivity contribution in [2.75, 3.05) is 4.31 Å². The van der Waals surface area contributed by atoms with Gasteiger partial charge in [-0.05, 0) is 30.7 Å². The fourth-order valence-electron chi connectivity index (χ4n) is 2.86. The summed E-state index contributed by atoms with van der Waals surface area (Å²) in [6.45, 7) is 1.58. The zero-order valence-corrected chi connectivity index (χ0v) is 15.5. The fourth-order valence-corrected chi connectivity index (χ4v) is 4.56. The Hall–Kier alpha value is -3.19. The molecule has 0 N–H and O–H groups in total. The lowest BCUT2D eigenvalue weighted by atomic mass is 10.2. The van der Waals surface area contributed by atoms with E-state index in [0.29, 0.717) is 5.69 Å². The molecule has 0 heterocycles. The second-order valence-electron chi connectivity index (χ2n) is 5.99. The number of benzene rings is 3. The van der Waals surface area contributed by atoms with E-state index in [4.69, 9.17) is 0 Å². The van der Waals surface area contributed by atoms with Gasteiger partial charge in [-0.3, -0.25) is 14.4 Å². The Morgan fingerprint density at radius 1 is 0.889 bits per heavy atom. The molecule has 0 aromatic heterocycles. The van der Waals surface area contributed by atoms with Gasteiger partial charge >= 0.3 is 0 Å². The van der Waals surface area contributed by atoms with E-state index in [1.165, 1.54) is 29.4 Å². The van der Waals surface area contributed by atoms with Crippen LogP contribution in [0.3, 0.4) is 0 Å². The lowest BCUT2D eigenvalue weighted by Crippen LogP contribution is -2.31. The topological polar surface area (TPSA) is 80.5 Å². The lowest BCUT2D eigenvalue weighted by molar-refractivity contribution is -0.385. The van der Waals surface area contributed by atoms with Crippen molar-refractivity contribution in [3.63, 3.8) is 0 Å². The number of nitrogens with zero attached hydrogens (tertiary/aromatic N) is 2. The average Bonchev–Trinajstić information content (AvgIpc) is 2.67. The maximum atomic E-state index is 13.4. The van der Waals surface area contributed by atoms with Crippen LogP contribution in [0.1, 0.15) is 11.1 Å².